The first-order valence-electron chi connectivity index (χ1n) is 8.57. The number of aromatic nitrogens is 1. The number of amides is 1. The van der Waals surface area contributed by atoms with Crippen molar-refractivity contribution >= 4 is 34.9 Å². The van der Waals surface area contributed by atoms with Gasteiger partial charge in [-0.25, -0.2) is 4.98 Å². The van der Waals surface area contributed by atoms with Crippen LogP contribution in [0, 0.1) is 5.92 Å². The van der Waals surface area contributed by atoms with Gasteiger partial charge in [0.2, 0.25) is 0 Å². The molecule has 5 nitrogen and oxygen atoms in total. The van der Waals surface area contributed by atoms with Crippen LogP contribution in [0.1, 0.15) is 23.2 Å². The highest BCUT2D eigenvalue weighted by atomic mass is 35.5. The van der Waals surface area contributed by atoms with Crippen LogP contribution in [0.5, 0.6) is 5.75 Å². The van der Waals surface area contributed by atoms with Crippen LogP contribution in [0.2, 0.25) is 10.0 Å². The third-order valence-corrected chi connectivity index (χ3v) is 4.93. The number of hydrogen-bond donors (Lipinski definition) is 1. The van der Waals surface area contributed by atoms with Crippen LogP contribution in [0.4, 0.5) is 5.82 Å². The number of anilines is 1. The Morgan fingerprint density at radius 1 is 1.27 bits per heavy atom. The second-order valence-corrected chi connectivity index (χ2v) is 7.17. The molecule has 0 aliphatic carbocycles. The number of hydrogen-bond acceptors (Lipinski definition) is 4. The van der Waals surface area contributed by atoms with Gasteiger partial charge in [0.05, 0.1) is 12.2 Å². The standard InChI is InChI=1S/C19H21Cl2N3O2/c1-22-19(25)17-3-2-6-23-18(17)24-7-4-13(5-8-24)12-26-16-10-14(20)9-15(21)11-16/h2-3,6,9-11,13H,4-5,7-8,12H2,1H3,(H,22,25). The molecule has 3 rings (SSSR count). The van der Waals surface area contributed by atoms with Crippen molar-refractivity contribution in [3.05, 3.63) is 52.1 Å². The van der Waals surface area contributed by atoms with E-state index in [1.165, 1.54) is 0 Å². The summed E-state index contributed by atoms with van der Waals surface area (Å²) in [4.78, 5) is 18.6. The Morgan fingerprint density at radius 2 is 1.96 bits per heavy atom. The molecule has 7 heteroatoms. The molecule has 1 saturated heterocycles. The Kier molecular flexibility index (Phi) is 6.22. The smallest absolute Gasteiger partial charge is 0.254 e. The number of nitrogens with one attached hydrogen (secondary N) is 1. The monoisotopic (exact) mass is 393 g/mol. The second-order valence-electron chi connectivity index (χ2n) is 6.30. The third-order valence-electron chi connectivity index (χ3n) is 4.49. The molecule has 1 amide bonds. The van der Waals surface area contributed by atoms with Gasteiger partial charge < -0.3 is 15.0 Å². The summed E-state index contributed by atoms with van der Waals surface area (Å²) in [5.74, 6) is 1.76. The number of ether oxygens (including phenoxy) is 1. The maximum absolute atomic E-state index is 12.0. The molecule has 0 spiro atoms. The van der Waals surface area contributed by atoms with Gasteiger partial charge in [0.15, 0.2) is 0 Å². The minimum Gasteiger partial charge on any atom is -0.493 e. The van der Waals surface area contributed by atoms with E-state index in [1.807, 2.05) is 0 Å². The zero-order chi connectivity index (χ0) is 18.5. The largest absolute Gasteiger partial charge is 0.493 e. The molecular weight excluding hydrogens is 373 g/mol. The van der Waals surface area contributed by atoms with Gasteiger partial charge >= 0.3 is 0 Å². The van der Waals surface area contributed by atoms with Crippen molar-refractivity contribution < 1.29 is 9.53 Å². The molecule has 26 heavy (non-hydrogen) atoms. The fraction of sp³-hybridized carbons (Fsp3) is 0.368. The zero-order valence-electron chi connectivity index (χ0n) is 14.5. The SMILES string of the molecule is CNC(=O)c1cccnc1N1CCC(COc2cc(Cl)cc(Cl)c2)CC1. The summed E-state index contributed by atoms with van der Waals surface area (Å²) >= 11 is 12.0. The lowest BCUT2D eigenvalue weighted by Crippen LogP contribution is -2.37. The first-order valence-corrected chi connectivity index (χ1v) is 9.33. The van der Waals surface area contributed by atoms with Crippen LogP contribution in [-0.4, -0.2) is 37.6 Å². The number of pyridine rings is 1. The first kappa shape index (κ1) is 18.8. The lowest BCUT2D eigenvalue weighted by atomic mass is 9.97. The minimum absolute atomic E-state index is 0.114. The van der Waals surface area contributed by atoms with Gasteiger partial charge in [-0.15, -0.1) is 0 Å². The Morgan fingerprint density at radius 3 is 2.62 bits per heavy atom. The number of rotatable bonds is 5. The molecule has 2 heterocycles. The molecule has 1 fully saturated rings. The van der Waals surface area contributed by atoms with Gasteiger partial charge in [-0.2, -0.15) is 0 Å². The van der Waals surface area contributed by atoms with E-state index in [0.29, 0.717) is 33.9 Å². The lowest BCUT2D eigenvalue weighted by Gasteiger charge is -2.33. The molecule has 138 valence electrons. The number of nitrogens with zero attached hydrogens (tertiary/aromatic N) is 2. The van der Waals surface area contributed by atoms with E-state index in [9.17, 15) is 4.79 Å². The lowest BCUT2D eigenvalue weighted by molar-refractivity contribution is 0.0963. The van der Waals surface area contributed by atoms with Crippen molar-refractivity contribution in [1.29, 1.82) is 0 Å². The van der Waals surface area contributed by atoms with Crippen molar-refractivity contribution in [1.82, 2.24) is 10.3 Å². The van der Waals surface area contributed by atoms with Gasteiger partial charge in [-0.3, -0.25) is 4.79 Å². The van der Waals surface area contributed by atoms with Crippen LogP contribution in [0.3, 0.4) is 0 Å². The van der Waals surface area contributed by atoms with Crippen LogP contribution < -0.4 is 15.0 Å². The predicted octanol–water partition coefficient (Wildman–Crippen LogP) is 4.04. The number of benzene rings is 1. The Bertz CT molecular complexity index is 757. The molecule has 1 aromatic heterocycles. The molecule has 1 aromatic carbocycles. The summed E-state index contributed by atoms with van der Waals surface area (Å²) in [6, 6.07) is 8.81. The molecule has 1 aliphatic heterocycles. The van der Waals surface area contributed by atoms with Crippen LogP contribution in [-0.2, 0) is 0 Å². The van der Waals surface area contributed by atoms with Gasteiger partial charge in [0.25, 0.3) is 5.91 Å². The van der Waals surface area contributed by atoms with Crippen LogP contribution in [0.25, 0.3) is 0 Å². The summed E-state index contributed by atoms with van der Waals surface area (Å²) in [7, 11) is 1.63. The topological polar surface area (TPSA) is 54.5 Å². The van der Waals surface area contributed by atoms with Crippen molar-refractivity contribution in [3.63, 3.8) is 0 Å². The van der Waals surface area contributed by atoms with E-state index in [-0.39, 0.29) is 5.91 Å². The molecule has 0 unspecified atom stereocenters. The summed E-state index contributed by atoms with van der Waals surface area (Å²) < 4.78 is 5.86. The third kappa shape index (κ3) is 4.59. The fourth-order valence-electron chi connectivity index (χ4n) is 3.10. The predicted molar refractivity (Wildman–Crippen MR) is 105 cm³/mol. The Balaban J connectivity index is 1.57. The van der Waals surface area contributed by atoms with Crippen molar-refractivity contribution in [2.24, 2.45) is 5.92 Å². The van der Waals surface area contributed by atoms with E-state index in [1.54, 1.807) is 43.6 Å². The molecule has 2 aromatic rings. The molecule has 1 N–H and O–H groups in total. The van der Waals surface area contributed by atoms with Crippen LogP contribution in [0.15, 0.2) is 36.5 Å². The van der Waals surface area contributed by atoms with Crippen molar-refractivity contribution in [3.8, 4) is 5.75 Å². The highest BCUT2D eigenvalue weighted by Crippen LogP contribution is 2.27. The molecule has 0 atom stereocenters. The van der Waals surface area contributed by atoms with E-state index in [4.69, 9.17) is 27.9 Å². The second kappa shape index (κ2) is 8.60. The maximum atomic E-state index is 12.0. The summed E-state index contributed by atoms with van der Waals surface area (Å²) in [5, 5.41) is 3.81. The first-order chi connectivity index (χ1) is 12.6. The van der Waals surface area contributed by atoms with Crippen molar-refractivity contribution in [2.45, 2.75) is 12.8 Å². The molecular formula is C19H21Cl2N3O2. The summed E-state index contributed by atoms with van der Waals surface area (Å²) in [6.45, 7) is 2.30. The van der Waals surface area contributed by atoms with E-state index >= 15 is 0 Å². The molecule has 0 radical (unpaired) electrons. The molecule has 0 saturated carbocycles. The number of carbonyl (C=O) groups is 1. The highest BCUT2D eigenvalue weighted by Gasteiger charge is 2.24. The quantitative estimate of drug-likeness (QED) is 0.832. The number of carbonyl (C=O) groups excluding carboxylic acids is 1. The van der Waals surface area contributed by atoms with Gasteiger partial charge in [-0.1, -0.05) is 23.2 Å². The normalized spacial score (nSPS) is 15.0. The summed E-state index contributed by atoms with van der Waals surface area (Å²) in [5.41, 5.74) is 0.610. The van der Waals surface area contributed by atoms with E-state index < -0.39 is 0 Å². The Hall–Kier alpha value is -1.98. The van der Waals surface area contributed by atoms with Gasteiger partial charge in [0, 0.05) is 36.4 Å². The maximum Gasteiger partial charge on any atom is 0.254 e. The Labute approximate surface area is 163 Å². The minimum atomic E-state index is -0.114. The van der Waals surface area contributed by atoms with Crippen molar-refractivity contribution in [2.75, 3.05) is 31.6 Å². The van der Waals surface area contributed by atoms with Crippen LogP contribution >= 0.6 is 23.2 Å². The van der Waals surface area contributed by atoms with E-state index in [2.05, 4.69) is 15.2 Å². The van der Waals surface area contributed by atoms with Gasteiger partial charge in [-0.05, 0) is 49.1 Å². The zero-order valence-corrected chi connectivity index (χ0v) is 16.1. The average Bonchev–Trinajstić information content (AvgIpc) is 2.65. The number of halogens is 2. The van der Waals surface area contributed by atoms with Gasteiger partial charge in [0.1, 0.15) is 11.6 Å². The molecule has 0 bridgehead atoms. The number of piperidine rings is 1. The highest BCUT2D eigenvalue weighted by molar-refractivity contribution is 6.34. The van der Waals surface area contributed by atoms with E-state index in [0.717, 1.165) is 31.7 Å². The summed E-state index contributed by atoms with van der Waals surface area (Å²) in [6.07, 6.45) is 3.66. The molecule has 1 aliphatic rings. The fourth-order valence-corrected chi connectivity index (χ4v) is 3.60. The average molecular weight is 394 g/mol.